The van der Waals surface area contributed by atoms with Gasteiger partial charge in [-0.15, -0.1) is 5.10 Å². The zero-order chi connectivity index (χ0) is 23.3. The Morgan fingerprint density at radius 1 is 1.12 bits per heavy atom. The summed E-state index contributed by atoms with van der Waals surface area (Å²) in [5.41, 5.74) is 0.427. The minimum atomic E-state index is -4.50. The summed E-state index contributed by atoms with van der Waals surface area (Å²) in [5, 5.41) is 7.10. The fourth-order valence-electron chi connectivity index (χ4n) is 2.77. The van der Waals surface area contributed by atoms with Crippen LogP contribution in [0.1, 0.15) is 19.4 Å². The molecule has 1 heterocycles. The summed E-state index contributed by atoms with van der Waals surface area (Å²) < 4.78 is 51.5. The molecular formula is C22H23F3N4O3. The molecule has 3 rings (SSSR count). The molecule has 2 aromatic carbocycles. The quantitative estimate of drug-likeness (QED) is 0.511. The molecular weight excluding hydrogens is 425 g/mol. The van der Waals surface area contributed by atoms with Gasteiger partial charge in [0.25, 0.3) is 0 Å². The van der Waals surface area contributed by atoms with Crippen molar-refractivity contribution in [3.05, 3.63) is 54.1 Å². The maximum atomic E-state index is 13.2. The summed E-state index contributed by atoms with van der Waals surface area (Å²) >= 11 is 0. The van der Waals surface area contributed by atoms with Crippen LogP contribution in [0, 0.1) is 5.92 Å². The van der Waals surface area contributed by atoms with Gasteiger partial charge < -0.3 is 14.8 Å². The average Bonchev–Trinajstić information content (AvgIpc) is 3.18. The van der Waals surface area contributed by atoms with Crippen molar-refractivity contribution in [3.8, 4) is 23.1 Å². The molecule has 32 heavy (non-hydrogen) atoms. The lowest BCUT2D eigenvalue weighted by Crippen LogP contribution is -2.17. The van der Waals surface area contributed by atoms with E-state index in [0.29, 0.717) is 18.0 Å². The zero-order valence-corrected chi connectivity index (χ0v) is 17.8. The Morgan fingerprint density at radius 3 is 2.56 bits per heavy atom. The number of nitrogens with one attached hydrogen (secondary N) is 1. The lowest BCUT2D eigenvalue weighted by Gasteiger charge is -2.11. The molecule has 0 bridgehead atoms. The number of methoxy groups -OCH3 is 1. The summed E-state index contributed by atoms with van der Waals surface area (Å²) in [6.45, 7) is 4.01. The van der Waals surface area contributed by atoms with E-state index in [-0.39, 0.29) is 35.8 Å². The molecule has 0 unspecified atom stereocenters. The van der Waals surface area contributed by atoms with E-state index in [4.69, 9.17) is 9.47 Å². The molecule has 0 radical (unpaired) electrons. The van der Waals surface area contributed by atoms with E-state index in [1.807, 2.05) is 0 Å². The minimum Gasteiger partial charge on any atom is -0.460 e. The number of nitrogens with zero attached hydrogens (tertiary/aromatic N) is 3. The van der Waals surface area contributed by atoms with Gasteiger partial charge in [0.2, 0.25) is 5.91 Å². The number of carbonyl (C=O) groups is 1. The van der Waals surface area contributed by atoms with Gasteiger partial charge in [-0.3, -0.25) is 4.79 Å². The molecule has 1 aromatic heterocycles. The van der Waals surface area contributed by atoms with Crippen molar-refractivity contribution >= 4 is 11.6 Å². The van der Waals surface area contributed by atoms with Crippen molar-refractivity contribution in [3.63, 3.8) is 0 Å². The van der Waals surface area contributed by atoms with Crippen LogP contribution in [0.15, 0.2) is 48.5 Å². The highest BCUT2D eigenvalue weighted by molar-refractivity contribution is 5.92. The second-order valence-corrected chi connectivity index (χ2v) is 7.24. The number of hydrogen-bond acceptors (Lipinski definition) is 5. The SMILES string of the molecule is COCCOc1nc(-c2cccc(C(F)(F)F)c2)n(-c2cccc(NC(=O)C(C)C)c2)n1. The van der Waals surface area contributed by atoms with Gasteiger partial charge in [-0.1, -0.05) is 32.0 Å². The van der Waals surface area contributed by atoms with Crippen LogP contribution in [0.25, 0.3) is 17.1 Å². The van der Waals surface area contributed by atoms with Crippen molar-refractivity contribution in [1.29, 1.82) is 0 Å². The van der Waals surface area contributed by atoms with Crippen molar-refractivity contribution in [1.82, 2.24) is 14.8 Å². The summed E-state index contributed by atoms with van der Waals surface area (Å²) in [6, 6.07) is 11.6. The van der Waals surface area contributed by atoms with Crippen LogP contribution in [0.3, 0.4) is 0 Å². The summed E-state index contributed by atoms with van der Waals surface area (Å²) in [5.74, 6) is -0.218. The molecule has 0 aliphatic rings. The Labute approximate surface area is 183 Å². The Kier molecular flexibility index (Phi) is 7.14. The van der Waals surface area contributed by atoms with Crippen LogP contribution >= 0.6 is 0 Å². The molecule has 7 nitrogen and oxygen atoms in total. The van der Waals surface area contributed by atoms with Crippen molar-refractivity contribution in [2.75, 3.05) is 25.6 Å². The first-order chi connectivity index (χ1) is 15.2. The normalized spacial score (nSPS) is 11.6. The number of halogens is 3. The first-order valence-electron chi connectivity index (χ1n) is 9.86. The third kappa shape index (κ3) is 5.64. The lowest BCUT2D eigenvalue weighted by molar-refractivity contribution is -0.137. The first kappa shape index (κ1) is 23.3. The van der Waals surface area contributed by atoms with E-state index in [2.05, 4.69) is 15.4 Å². The van der Waals surface area contributed by atoms with E-state index < -0.39 is 11.7 Å². The molecule has 1 amide bonds. The highest BCUT2D eigenvalue weighted by atomic mass is 19.4. The van der Waals surface area contributed by atoms with E-state index in [1.165, 1.54) is 23.9 Å². The minimum absolute atomic E-state index is 0.00826. The lowest BCUT2D eigenvalue weighted by atomic mass is 10.1. The Bertz CT molecular complexity index is 1080. The topological polar surface area (TPSA) is 78.3 Å². The van der Waals surface area contributed by atoms with Gasteiger partial charge in [0.05, 0.1) is 17.9 Å². The van der Waals surface area contributed by atoms with Crippen molar-refractivity contribution in [2.24, 2.45) is 5.92 Å². The number of carbonyl (C=O) groups excluding carboxylic acids is 1. The van der Waals surface area contributed by atoms with E-state index in [9.17, 15) is 18.0 Å². The average molecular weight is 448 g/mol. The van der Waals surface area contributed by atoms with Crippen LogP contribution in [-0.4, -0.2) is 41.0 Å². The standard InChI is InChI=1S/C22H23F3N4O3/c1-14(2)20(30)26-17-8-5-9-18(13-17)29-19(27-21(28-29)32-11-10-31-3)15-6-4-7-16(12-15)22(23,24)25/h4-9,12-14H,10-11H2,1-3H3,(H,26,30). The van der Waals surface area contributed by atoms with Gasteiger partial charge in [0.15, 0.2) is 5.82 Å². The zero-order valence-electron chi connectivity index (χ0n) is 17.8. The largest absolute Gasteiger partial charge is 0.460 e. The third-order valence-electron chi connectivity index (χ3n) is 4.44. The predicted octanol–water partition coefficient (Wildman–Crippen LogP) is 4.57. The molecule has 0 saturated carbocycles. The van der Waals surface area contributed by atoms with Gasteiger partial charge in [-0.2, -0.15) is 18.2 Å². The second-order valence-electron chi connectivity index (χ2n) is 7.24. The number of hydrogen-bond donors (Lipinski definition) is 1. The van der Waals surface area contributed by atoms with Crippen LogP contribution in [-0.2, 0) is 15.7 Å². The van der Waals surface area contributed by atoms with Crippen molar-refractivity contribution in [2.45, 2.75) is 20.0 Å². The number of ether oxygens (including phenoxy) is 2. The number of benzene rings is 2. The second kappa shape index (κ2) is 9.82. The molecule has 0 aliphatic carbocycles. The molecule has 0 atom stereocenters. The van der Waals surface area contributed by atoms with Gasteiger partial charge >= 0.3 is 12.2 Å². The molecule has 0 spiro atoms. The number of alkyl halides is 3. The molecule has 0 aliphatic heterocycles. The Balaban J connectivity index is 2.04. The number of amides is 1. The molecule has 10 heteroatoms. The van der Waals surface area contributed by atoms with Gasteiger partial charge in [0.1, 0.15) is 6.61 Å². The number of rotatable bonds is 8. The van der Waals surface area contributed by atoms with E-state index in [1.54, 1.807) is 38.1 Å². The van der Waals surface area contributed by atoms with Crippen LogP contribution in [0.4, 0.5) is 18.9 Å². The summed E-state index contributed by atoms with van der Waals surface area (Å²) in [4.78, 5) is 16.3. The van der Waals surface area contributed by atoms with Gasteiger partial charge in [0, 0.05) is 24.3 Å². The number of anilines is 1. The molecule has 1 N–H and O–H groups in total. The third-order valence-corrected chi connectivity index (χ3v) is 4.44. The molecule has 170 valence electrons. The Morgan fingerprint density at radius 2 is 1.88 bits per heavy atom. The monoisotopic (exact) mass is 448 g/mol. The maximum Gasteiger partial charge on any atom is 0.416 e. The molecule has 0 fully saturated rings. The van der Waals surface area contributed by atoms with E-state index >= 15 is 0 Å². The smallest absolute Gasteiger partial charge is 0.416 e. The Hall–Kier alpha value is -3.40. The fraction of sp³-hybridized carbons (Fsp3) is 0.318. The van der Waals surface area contributed by atoms with Crippen LogP contribution in [0.2, 0.25) is 0 Å². The predicted molar refractivity (Wildman–Crippen MR) is 113 cm³/mol. The fourth-order valence-corrected chi connectivity index (χ4v) is 2.77. The van der Waals surface area contributed by atoms with Gasteiger partial charge in [-0.25, -0.2) is 4.68 Å². The maximum absolute atomic E-state index is 13.2. The van der Waals surface area contributed by atoms with Crippen molar-refractivity contribution < 1.29 is 27.4 Å². The summed E-state index contributed by atoms with van der Waals surface area (Å²) in [7, 11) is 1.51. The highest BCUT2D eigenvalue weighted by Crippen LogP contribution is 2.33. The first-order valence-corrected chi connectivity index (χ1v) is 9.86. The van der Waals surface area contributed by atoms with Crippen LogP contribution in [0.5, 0.6) is 6.01 Å². The molecule has 0 saturated heterocycles. The van der Waals surface area contributed by atoms with Gasteiger partial charge in [-0.05, 0) is 30.3 Å². The van der Waals surface area contributed by atoms with Crippen LogP contribution < -0.4 is 10.1 Å². The number of aromatic nitrogens is 3. The molecule has 3 aromatic rings. The van der Waals surface area contributed by atoms with E-state index in [0.717, 1.165) is 12.1 Å². The summed E-state index contributed by atoms with van der Waals surface area (Å²) in [6.07, 6.45) is -4.50. The highest BCUT2D eigenvalue weighted by Gasteiger charge is 2.31.